The molecule has 2 aromatic heterocycles. The van der Waals surface area contributed by atoms with Gasteiger partial charge in [-0.2, -0.15) is 0 Å². The summed E-state index contributed by atoms with van der Waals surface area (Å²) in [6.45, 7) is 1.63. The number of pyridine rings is 2. The van der Waals surface area contributed by atoms with Gasteiger partial charge in [-0.05, 0) is 25.1 Å². The van der Waals surface area contributed by atoms with Crippen LogP contribution in [-0.2, 0) is 4.74 Å². The number of nitrogens with one attached hydrogen (secondary N) is 1. The summed E-state index contributed by atoms with van der Waals surface area (Å²) in [5, 5.41) is 12.7. The molecule has 11 heteroatoms. The van der Waals surface area contributed by atoms with Gasteiger partial charge in [0.15, 0.2) is 5.82 Å². The average Bonchev–Trinajstić information content (AvgIpc) is 2.65. The Hall–Kier alpha value is -3.37. The molecule has 1 amide bonds. The second-order valence-corrected chi connectivity index (χ2v) is 6.02. The predicted octanol–water partition coefficient (Wildman–Crippen LogP) is 1.71. The third-order valence-electron chi connectivity index (χ3n) is 3.62. The number of carbonyl (C=O) groups is 2. The first-order valence-corrected chi connectivity index (χ1v) is 8.34. The number of carboxylic acids is 1. The van der Waals surface area contributed by atoms with E-state index in [1.807, 2.05) is 0 Å². The van der Waals surface area contributed by atoms with Crippen LogP contribution in [0.4, 0.5) is 4.79 Å². The van der Waals surface area contributed by atoms with Gasteiger partial charge in [-0.15, -0.1) is 0 Å². The van der Waals surface area contributed by atoms with Crippen LogP contribution in [0.1, 0.15) is 34.6 Å². The van der Waals surface area contributed by atoms with E-state index < -0.39 is 18.2 Å². The lowest BCUT2D eigenvalue weighted by Crippen LogP contribution is -2.39. The Morgan fingerprint density at radius 1 is 1.32 bits per heavy atom. The van der Waals surface area contributed by atoms with Crippen LogP contribution in [0.5, 0.6) is 0 Å². The number of halogens is 1. The second kappa shape index (κ2) is 9.02. The molecule has 0 bridgehead atoms. The van der Waals surface area contributed by atoms with Crippen molar-refractivity contribution in [1.29, 1.82) is 0 Å². The molecule has 28 heavy (non-hydrogen) atoms. The SMILES string of the molecule is CC(OC(=O)N/C(=C(/N)c1ccc(C(=O)O)cn1)N(C)N)c1cccnc1Cl. The van der Waals surface area contributed by atoms with Crippen LogP contribution < -0.4 is 16.9 Å². The molecule has 0 saturated heterocycles. The number of ether oxygens (including phenoxy) is 1. The van der Waals surface area contributed by atoms with Gasteiger partial charge < -0.3 is 15.6 Å². The van der Waals surface area contributed by atoms with Crippen molar-refractivity contribution in [2.75, 3.05) is 7.05 Å². The van der Waals surface area contributed by atoms with E-state index >= 15 is 0 Å². The lowest BCUT2D eigenvalue weighted by atomic mass is 10.2. The Balaban J connectivity index is 2.19. The molecule has 0 aromatic carbocycles. The fourth-order valence-electron chi connectivity index (χ4n) is 2.20. The van der Waals surface area contributed by atoms with Crippen molar-refractivity contribution in [2.24, 2.45) is 11.6 Å². The number of hydrogen-bond acceptors (Lipinski definition) is 8. The average molecular weight is 407 g/mol. The first-order valence-electron chi connectivity index (χ1n) is 7.96. The topological polar surface area (TPSA) is 157 Å². The Bertz CT molecular complexity index is 901. The third kappa shape index (κ3) is 5.09. The number of hydrogen-bond donors (Lipinski definition) is 4. The molecule has 1 atom stereocenters. The minimum atomic E-state index is -1.12. The van der Waals surface area contributed by atoms with Crippen LogP contribution in [0.2, 0.25) is 5.15 Å². The fourth-order valence-corrected chi connectivity index (χ4v) is 2.47. The highest BCUT2D eigenvalue weighted by Crippen LogP contribution is 2.23. The summed E-state index contributed by atoms with van der Waals surface area (Å²) in [5.74, 6) is 4.64. The zero-order valence-electron chi connectivity index (χ0n) is 15.1. The van der Waals surface area contributed by atoms with Gasteiger partial charge >= 0.3 is 12.1 Å². The summed E-state index contributed by atoms with van der Waals surface area (Å²) in [6, 6.07) is 6.08. The van der Waals surface area contributed by atoms with Gasteiger partial charge in [-0.25, -0.2) is 20.4 Å². The Kier molecular flexibility index (Phi) is 6.74. The molecule has 0 radical (unpaired) electrons. The molecule has 2 aromatic rings. The van der Waals surface area contributed by atoms with Crippen molar-refractivity contribution in [2.45, 2.75) is 13.0 Å². The van der Waals surface area contributed by atoms with Gasteiger partial charge in [-0.1, -0.05) is 17.7 Å². The number of rotatable bonds is 6. The lowest BCUT2D eigenvalue weighted by molar-refractivity contribution is 0.0696. The molecule has 148 valence electrons. The normalized spacial score (nSPS) is 12.6. The monoisotopic (exact) mass is 406 g/mol. The van der Waals surface area contributed by atoms with E-state index in [9.17, 15) is 9.59 Å². The molecule has 0 fully saturated rings. The molecule has 1 unspecified atom stereocenters. The summed E-state index contributed by atoms with van der Waals surface area (Å²) >= 11 is 5.99. The number of alkyl carbamates (subject to hydrolysis) is 1. The summed E-state index contributed by atoms with van der Waals surface area (Å²) in [7, 11) is 1.45. The number of carbonyl (C=O) groups excluding carboxylic acids is 1. The van der Waals surface area contributed by atoms with E-state index in [0.29, 0.717) is 5.56 Å². The predicted molar refractivity (Wildman–Crippen MR) is 102 cm³/mol. The van der Waals surface area contributed by atoms with Crippen molar-refractivity contribution in [3.05, 3.63) is 64.5 Å². The lowest BCUT2D eigenvalue weighted by Gasteiger charge is -2.21. The largest absolute Gasteiger partial charge is 0.478 e. The highest BCUT2D eigenvalue weighted by Gasteiger charge is 2.19. The Labute approximate surface area is 165 Å². The first kappa shape index (κ1) is 20.9. The number of aromatic carboxylic acids is 1. The first-order chi connectivity index (χ1) is 13.2. The molecule has 0 aliphatic heterocycles. The van der Waals surface area contributed by atoms with E-state index in [1.54, 1.807) is 19.1 Å². The molecule has 6 N–H and O–H groups in total. The quantitative estimate of drug-likeness (QED) is 0.318. The maximum atomic E-state index is 12.3. The standard InChI is InChI=1S/C17H19ClN6O4/c1-9(11-4-3-7-21-14(11)18)28-17(27)23-15(24(2)20)13(19)12-6-5-10(8-22-12)16(25)26/h3-9H,19-20H2,1-2H3,(H,23,27)(H,25,26)/b15-13-. The molecule has 0 aliphatic rings. The van der Waals surface area contributed by atoms with Crippen molar-refractivity contribution in [3.8, 4) is 0 Å². The maximum absolute atomic E-state index is 12.3. The molecule has 10 nitrogen and oxygen atoms in total. The van der Waals surface area contributed by atoms with E-state index in [4.69, 9.17) is 33.0 Å². The van der Waals surface area contributed by atoms with Crippen LogP contribution >= 0.6 is 11.6 Å². The van der Waals surface area contributed by atoms with Gasteiger partial charge in [0.25, 0.3) is 0 Å². The summed E-state index contributed by atoms with van der Waals surface area (Å²) in [4.78, 5) is 31.1. The minimum absolute atomic E-state index is 0.00579. The smallest absolute Gasteiger partial charge is 0.413 e. The Morgan fingerprint density at radius 3 is 2.57 bits per heavy atom. The molecular formula is C17H19ClN6O4. The van der Waals surface area contributed by atoms with Crippen molar-refractivity contribution >= 4 is 29.4 Å². The summed E-state index contributed by atoms with van der Waals surface area (Å²) in [5.41, 5.74) is 6.80. The van der Waals surface area contributed by atoms with Gasteiger partial charge in [0.2, 0.25) is 0 Å². The molecular weight excluding hydrogens is 388 g/mol. The van der Waals surface area contributed by atoms with E-state index in [0.717, 1.165) is 11.2 Å². The molecule has 2 heterocycles. The van der Waals surface area contributed by atoms with Gasteiger partial charge in [0.1, 0.15) is 17.0 Å². The summed E-state index contributed by atoms with van der Waals surface area (Å²) < 4.78 is 5.29. The van der Waals surface area contributed by atoms with E-state index in [1.165, 1.54) is 25.4 Å². The van der Waals surface area contributed by atoms with E-state index in [-0.39, 0.29) is 27.9 Å². The highest BCUT2D eigenvalue weighted by atomic mass is 35.5. The van der Waals surface area contributed by atoms with Crippen LogP contribution in [0.15, 0.2) is 42.5 Å². The number of carboxylic acid groups (broad SMARTS) is 1. The van der Waals surface area contributed by atoms with Crippen LogP contribution in [0.25, 0.3) is 5.70 Å². The zero-order valence-corrected chi connectivity index (χ0v) is 15.8. The van der Waals surface area contributed by atoms with Crippen LogP contribution in [-0.4, -0.2) is 39.2 Å². The van der Waals surface area contributed by atoms with Gasteiger partial charge in [0, 0.05) is 25.0 Å². The van der Waals surface area contributed by atoms with Crippen molar-refractivity contribution in [1.82, 2.24) is 20.3 Å². The van der Waals surface area contributed by atoms with Gasteiger partial charge in [-0.3, -0.25) is 15.3 Å². The molecule has 0 spiro atoms. The van der Waals surface area contributed by atoms with E-state index in [2.05, 4.69) is 15.3 Å². The minimum Gasteiger partial charge on any atom is -0.478 e. The fraction of sp³-hybridized carbons (Fsp3) is 0.176. The highest BCUT2D eigenvalue weighted by molar-refractivity contribution is 6.30. The molecule has 0 aliphatic carbocycles. The number of amides is 1. The number of nitrogens with zero attached hydrogens (tertiary/aromatic N) is 3. The van der Waals surface area contributed by atoms with Crippen molar-refractivity contribution < 1.29 is 19.4 Å². The van der Waals surface area contributed by atoms with Crippen LogP contribution in [0.3, 0.4) is 0 Å². The Morgan fingerprint density at radius 2 is 2.04 bits per heavy atom. The molecule has 2 rings (SSSR count). The second-order valence-electron chi connectivity index (χ2n) is 5.67. The number of nitrogens with two attached hydrogens (primary N) is 2. The zero-order chi connectivity index (χ0) is 20.8. The van der Waals surface area contributed by atoms with Crippen molar-refractivity contribution in [3.63, 3.8) is 0 Å². The van der Waals surface area contributed by atoms with Gasteiger partial charge in [0.05, 0.1) is 11.3 Å². The third-order valence-corrected chi connectivity index (χ3v) is 3.94. The molecule has 0 saturated carbocycles. The summed E-state index contributed by atoms with van der Waals surface area (Å²) in [6.07, 6.45) is 1.15. The van der Waals surface area contributed by atoms with Crippen LogP contribution in [0, 0.1) is 0 Å². The number of hydrazine groups is 1. The maximum Gasteiger partial charge on any atom is 0.413 e. The number of aromatic nitrogens is 2.